The van der Waals surface area contributed by atoms with Gasteiger partial charge in [0.2, 0.25) is 5.91 Å². The first-order valence-corrected chi connectivity index (χ1v) is 9.00. The molecule has 0 heterocycles. The van der Waals surface area contributed by atoms with Gasteiger partial charge < -0.3 is 15.5 Å². The SMILES string of the molecule is CCCCCCCCC=CC(=O)N[C@@H](Cc1ccc(O)cc1)C(=O)O. The van der Waals surface area contributed by atoms with Crippen molar-refractivity contribution in [2.24, 2.45) is 0 Å². The Morgan fingerprint density at radius 1 is 1.08 bits per heavy atom. The molecule has 0 bridgehead atoms. The summed E-state index contributed by atoms with van der Waals surface area (Å²) < 4.78 is 0. The maximum Gasteiger partial charge on any atom is 0.326 e. The fraction of sp³-hybridized carbons (Fsp3) is 0.500. The van der Waals surface area contributed by atoms with Crippen LogP contribution in [0.4, 0.5) is 0 Å². The summed E-state index contributed by atoms with van der Waals surface area (Å²) in [6, 6.07) is 5.29. The number of carboxylic acids is 1. The minimum atomic E-state index is -1.08. The van der Waals surface area contributed by atoms with E-state index in [9.17, 15) is 19.8 Å². The summed E-state index contributed by atoms with van der Waals surface area (Å²) in [5, 5.41) is 21.0. The highest BCUT2D eigenvalue weighted by molar-refractivity contribution is 5.91. The number of phenolic OH excluding ortho intramolecular Hbond substituents is 1. The average Bonchev–Trinajstić information content (AvgIpc) is 2.58. The molecule has 0 spiro atoms. The minimum Gasteiger partial charge on any atom is -0.508 e. The third-order valence-corrected chi connectivity index (χ3v) is 3.98. The second-order valence-corrected chi connectivity index (χ2v) is 6.23. The average molecular weight is 347 g/mol. The number of amides is 1. The molecule has 1 atom stereocenters. The number of allylic oxidation sites excluding steroid dienone is 1. The molecule has 25 heavy (non-hydrogen) atoms. The number of carbonyl (C=O) groups excluding carboxylic acids is 1. The van der Waals surface area contributed by atoms with Crippen LogP contribution in [0.25, 0.3) is 0 Å². The topological polar surface area (TPSA) is 86.6 Å². The number of aliphatic carboxylic acids is 1. The molecule has 5 heteroatoms. The first-order chi connectivity index (χ1) is 12.0. The largest absolute Gasteiger partial charge is 0.508 e. The summed E-state index contributed by atoms with van der Waals surface area (Å²) in [5.41, 5.74) is 0.738. The van der Waals surface area contributed by atoms with E-state index in [-0.39, 0.29) is 12.2 Å². The number of carbonyl (C=O) groups is 2. The summed E-state index contributed by atoms with van der Waals surface area (Å²) in [5.74, 6) is -1.35. The Morgan fingerprint density at radius 2 is 1.72 bits per heavy atom. The van der Waals surface area contributed by atoms with Crippen LogP contribution < -0.4 is 5.32 Å². The zero-order valence-corrected chi connectivity index (χ0v) is 14.9. The standard InChI is InChI=1S/C20H29NO4/c1-2-3-4-5-6-7-8-9-10-19(23)21-18(20(24)25)15-16-11-13-17(22)14-12-16/h9-14,18,22H,2-8,15H2,1H3,(H,21,23)(H,24,25)/t18-/m0/s1. The van der Waals surface area contributed by atoms with E-state index in [0.717, 1.165) is 24.8 Å². The van der Waals surface area contributed by atoms with Crippen LogP contribution in [-0.2, 0) is 16.0 Å². The molecular weight excluding hydrogens is 318 g/mol. The number of hydrogen-bond donors (Lipinski definition) is 3. The van der Waals surface area contributed by atoms with Crippen LogP contribution in [-0.4, -0.2) is 28.1 Å². The summed E-state index contributed by atoms with van der Waals surface area (Å²) in [4.78, 5) is 23.2. The molecule has 1 amide bonds. The zero-order chi connectivity index (χ0) is 18.5. The normalized spacial score (nSPS) is 12.2. The third kappa shape index (κ3) is 9.55. The van der Waals surface area contributed by atoms with Crippen molar-refractivity contribution >= 4 is 11.9 Å². The molecular formula is C20H29NO4. The molecule has 1 rings (SSSR count). The Kier molecular flexibility index (Phi) is 10.1. The van der Waals surface area contributed by atoms with Crippen molar-refractivity contribution in [3.05, 3.63) is 42.0 Å². The molecule has 0 unspecified atom stereocenters. The lowest BCUT2D eigenvalue weighted by Crippen LogP contribution is -2.41. The van der Waals surface area contributed by atoms with Crippen LogP contribution >= 0.6 is 0 Å². The van der Waals surface area contributed by atoms with Crippen LogP contribution in [0.1, 0.15) is 57.4 Å². The Hall–Kier alpha value is -2.30. The van der Waals surface area contributed by atoms with Gasteiger partial charge in [0.05, 0.1) is 0 Å². The smallest absolute Gasteiger partial charge is 0.326 e. The molecule has 0 aliphatic heterocycles. The quantitative estimate of drug-likeness (QED) is 0.396. The number of nitrogens with one attached hydrogen (secondary N) is 1. The molecule has 138 valence electrons. The first-order valence-electron chi connectivity index (χ1n) is 9.00. The van der Waals surface area contributed by atoms with Gasteiger partial charge in [0.25, 0.3) is 0 Å². The number of carboxylic acid groups (broad SMARTS) is 1. The van der Waals surface area contributed by atoms with Crippen molar-refractivity contribution in [2.45, 2.75) is 64.3 Å². The summed E-state index contributed by atoms with van der Waals surface area (Å²) in [7, 11) is 0. The highest BCUT2D eigenvalue weighted by Crippen LogP contribution is 2.11. The van der Waals surface area contributed by atoms with Gasteiger partial charge in [0.1, 0.15) is 11.8 Å². The predicted octanol–water partition coefficient (Wildman–Crippen LogP) is 3.81. The molecule has 1 aromatic rings. The van der Waals surface area contributed by atoms with Crippen molar-refractivity contribution < 1.29 is 19.8 Å². The monoisotopic (exact) mass is 347 g/mol. The number of unbranched alkanes of at least 4 members (excludes halogenated alkanes) is 6. The number of phenols is 1. The fourth-order valence-corrected chi connectivity index (χ4v) is 2.52. The zero-order valence-electron chi connectivity index (χ0n) is 14.9. The summed E-state index contributed by atoms with van der Waals surface area (Å²) in [6.07, 6.45) is 11.4. The van der Waals surface area contributed by atoms with Crippen molar-refractivity contribution in [1.82, 2.24) is 5.32 Å². The van der Waals surface area contributed by atoms with Gasteiger partial charge >= 0.3 is 5.97 Å². The van der Waals surface area contributed by atoms with Gasteiger partial charge in [-0.15, -0.1) is 0 Å². The molecule has 0 fully saturated rings. The molecule has 3 N–H and O–H groups in total. The summed E-state index contributed by atoms with van der Waals surface area (Å²) in [6.45, 7) is 2.19. The lowest BCUT2D eigenvalue weighted by molar-refractivity contribution is -0.141. The van der Waals surface area contributed by atoms with E-state index >= 15 is 0 Å². The van der Waals surface area contributed by atoms with E-state index in [4.69, 9.17) is 0 Å². The van der Waals surface area contributed by atoms with Gasteiger partial charge in [-0.1, -0.05) is 57.2 Å². The van der Waals surface area contributed by atoms with Crippen molar-refractivity contribution in [3.8, 4) is 5.75 Å². The number of benzene rings is 1. The minimum absolute atomic E-state index is 0.122. The molecule has 0 aliphatic carbocycles. The molecule has 0 saturated carbocycles. The lowest BCUT2D eigenvalue weighted by atomic mass is 10.1. The maximum atomic E-state index is 11.9. The third-order valence-electron chi connectivity index (χ3n) is 3.98. The Balaban J connectivity index is 2.34. The molecule has 1 aromatic carbocycles. The Morgan fingerprint density at radius 3 is 2.36 bits per heavy atom. The number of aromatic hydroxyl groups is 1. The Labute approximate surface area is 149 Å². The van der Waals surface area contributed by atoms with Gasteiger partial charge in [0.15, 0.2) is 0 Å². The van der Waals surface area contributed by atoms with Crippen LogP contribution in [0, 0.1) is 0 Å². The molecule has 5 nitrogen and oxygen atoms in total. The predicted molar refractivity (Wildman–Crippen MR) is 98.5 cm³/mol. The van der Waals surface area contributed by atoms with E-state index in [0.29, 0.717) is 0 Å². The van der Waals surface area contributed by atoms with Crippen LogP contribution in [0.15, 0.2) is 36.4 Å². The van der Waals surface area contributed by atoms with Gasteiger partial charge in [-0.3, -0.25) is 4.79 Å². The van der Waals surface area contributed by atoms with Crippen molar-refractivity contribution in [2.75, 3.05) is 0 Å². The van der Waals surface area contributed by atoms with Crippen LogP contribution in [0.5, 0.6) is 5.75 Å². The Bertz CT molecular complexity index is 551. The van der Waals surface area contributed by atoms with E-state index in [2.05, 4.69) is 12.2 Å². The van der Waals surface area contributed by atoms with Crippen LogP contribution in [0.2, 0.25) is 0 Å². The van der Waals surface area contributed by atoms with Gasteiger partial charge in [-0.05, 0) is 36.6 Å². The fourth-order valence-electron chi connectivity index (χ4n) is 2.52. The van der Waals surface area contributed by atoms with Crippen molar-refractivity contribution in [1.29, 1.82) is 0 Å². The number of hydrogen-bond acceptors (Lipinski definition) is 3. The number of rotatable bonds is 12. The van der Waals surface area contributed by atoms with Gasteiger partial charge in [-0.25, -0.2) is 4.79 Å². The molecule has 0 aliphatic rings. The van der Waals surface area contributed by atoms with E-state index < -0.39 is 17.9 Å². The second-order valence-electron chi connectivity index (χ2n) is 6.23. The molecule has 0 aromatic heterocycles. The maximum absolute atomic E-state index is 11.9. The van der Waals surface area contributed by atoms with E-state index in [1.807, 2.05) is 0 Å². The highest BCUT2D eigenvalue weighted by Gasteiger charge is 2.19. The molecule has 0 saturated heterocycles. The molecule has 0 radical (unpaired) electrons. The van der Waals surface area contributed by atoms with Crippen molar-refractivity contribution in [3.63, 3.8) is 0 Å². The highest BCUT2D eigenvalue weighted by atomic mass is 16.4. The van der Waals surface area contributed by atoms with E-state index in [1.165, 1.54) is 43.9 Å². The second kappa shape index (κ2) is 12.1. The van der Waals surface area contributed by atoms with Crippen LogP contribution in [0.3, 0.4) is 0 Å². The van der Waals surface area contributed by atoms with Gasteiger partial charge in [0, 0.05) is 6.42 Å². The summed E-state index contributed by atoms with van der Waals surface area (Å²) >= 11 is 0. The van der Waals surface area contributed by atoms with E-state index in [1.54, 1.807) is 18.2 Å². The van der Waals surface area contributed by atoms with Gasteiger partial charge in [-0.2, -0.15) is 0 Å². The first kappa shape index (κ1) is 20.7. The lowest BCUT2D eigenvalue weighted by Gasteiger charge is -2.13.